The lowest BCUT2D eigenvalue weighted by molar-refractivity contribution is -0.112. The Hall–Kier alpha value is -3.26. The zero-order valence-electron chi connectivity index (χ0n) is 17.1. The number of carbonyl (C=O) groups is 1. The van der Waals surface area contributed by atoms with E-state index < -0.39 is 5.91 Å². The first kappa shape index (κ1) is 22.4. The molecule has 0 spiro atoms. The largest absolute Gasteiger partial charge is 0.488 e. The average Bonchev–Trinajstić information content (AvgIpc) is 2.75. The summed E-state index contributed by atoms with van der Waals surface area (Å²) < 4.78 is 5.90. The van der Waals surface area contributed by atoms with Crippen molar-refractivity contribution in [2.24, 2.45) is 0 Å². The number of aryl methyl sites for hydroxylation is 2. The van der Waals surface area contributed by atoms with Crippen LogP contribution in [-0.4, -0.2) is 5.91 Å². The van der Waals surface area contributed by atoms with Crippen molar-refractivity contribution in [3.63, 3.8) is 0 Å². The van der Waals surface area contributed by atoms with E-state index in [0.29, 0.717) is 27.0 Å². The van der Waals surface area contributed by atoms with Gasteiger partial charge in [0.2, 0.25) is 0 Å². The van der Waals surface area contributed by atoms with Gasteiger partial charge >= 0.3 is 0 Å². The first-order valence-corrected chi connectivity index (χ1v) is 10.3. The average molecular weight is 451 g/mol. The molecular weight excluding hydrogens is 431 g/mol. The quantitative estimate of drug-likeness (QED) is 0.334. The van der Waals surface area contributed by atoms with Gasteiger partial charge in [0.15, 0.2) is 0 Å². The molecule has 3 aromatic rings. The monoisotopic (exact) mass is 450 g/mol. The summed E-state index contributed by atoms with van der Waals surface area (Å²) in [7, 11) is 0. The SMILES string of the molecule is Cc1ccc(NC(=O)/C(C#N)=C/c2cc(Cl)ccc2OCc2ccccc2Cl)cc1C. The Morgan fingerprint density at radius 2 is 1.84 bits per heavy atom. The number of anilines is 1. The van der Waals surface area contributed by atoms with Gasteiger partial charge in [-0.3, -0.25) is 4.79 Å². The number of nitriles is 1. The third-order valence-electron chi connectivity index (χ3n) is 4.74. The molecule has 4 nitrogen and oxygen atoms in total. The molecule has 6 heteroatoms. The van der Waals surface area contributed by atoms with Crippen LogP contribution in [0.3, 0.4) is 0 Å². The smallest absolute Gasteiger partial charge is 0.266 e. The molecule has 0 fully saturated rings. The van der Waals surface area contributed by atoms with Crippen molar-refractivity contribution in [3.05, 3.63) is 98.5 Å². The Kier molecular flexibility index (Phi) is 7.36. The number of amides is 1. The Morgan fingerprint density at radius 1 is 1.06 bits per heavy atom. The van der Waals surface area contributed by atoms with Crippen LogP contribution in [0.2, 0.25) is 10.0 Å². The maximum atomic E-state index is 12.7. The van der Waals surface area contributed by atoms with Gasteiger partial charge in [0.05, 0.1) is 0 Å². The highest BCUT2D eigenvalue weighted by atomic mass is 35.5. The van der Waals surface area contributed by atoms with Gasteiger partial charge in [0, 0.05) is 26.9 Å². The molecule has 31 heavy (non-hydrogen) atoms. The van der Waals surface area contributed by atoms with E-state index in [-0.39, 0.29) is 12.2 Å². The predicted molar refractivity (Wildman–Crippen MR) is 125 cm³/mol. The van der Waals surface area contributed by atoms with E-state index in [1.54, 1.807) is 30.3 Å². The molecule has 0 saturated heterocycles. The lowest BCUT2D eigenvalue weighted by atomic mass is 10.1. The Labute approximate surface area is 191 Å². The van der Waals surface area contributed by atoms with Gasteiger partial charge in [-0.2, -0.15) is 5.26 Å². The molecule has 0 unspecified atom stereocenters. The van der Waals surface area contributed by atoms with Crippen molar-refractivity contribution < 1.29 is 9.53 Å². The van der Waals surface area contributed by atoms with Crippen LogP contribution in [0.5, 0.6) is 5.75 Å². The fraction of sp³-hybridized carbons (Fsp3) is 0.120. The van der Waals surface area contributed by atoms with Crippen molar-refractivity contribution in [2.75, 3.05) is 5.32 Å². The van der Waals surface area contributed by atoms with Crippen LogP contribution in [0.25, 0.3) is 6.08 Å². The maximum Gasteiger partial charge on any atom is 0.266 e. The molecule has 1 N–H and O–H groups in total. The Morgan fingerprint density at radius 3 is 2.55 bits per heavy atom. The van der Waals surface area contributed by atoms with Crippen molar-refractivity contribution >= 4 is 40.9 Å². The van der Waals surface area contributed by atoms with Crippen LogP contribution in [0.4, 0.5) is 5.69 Å². The summed E-state index contributed by atoms with van der Waals surface area (Å²) in [6, 6.07) is 19.9. The van der Waals surface area contributed by atoms with E-state index >= 15 is 0 Å². The number of benzene rings is 3. The van der Waals surface area contributed by atoms with Gasteiger partial charge in [-0.25, -0.2) is 0 Å². The van der Waals surface area contributed by atoms with Crippen LogP contribution >= 0.6 is 23.2 Å². The van der Waals surface area contributed by atoms with Gasteiger partial charge in [0.1, 0.15) is 24.0 Å². The highest BCUT2D eigenvalue weighted by Crippen LogP contribution is 2.27. The molecule has 3 rings (SSSR count). The van der Waals surface area contributed by atoms with Crippen LogP contribution < -0.4 is 10.1 Å². The summed E-state index contributed by atoms with van der Waals surface area (Å²) in [5.41, 5.74) is 4.06. The summed E-state index contributed by atoms with van der Waals surface area (Å²) in [5.74, 6) is -0.0289. The molecule has 3 aromatic carbocycles. The minimum atomic E-state index is -0.511. The van der Waals surface area contributed by atoms with E-state index in [4.69, 9.17) is 27.9 Å². The van der Waals surface area contributed by atoms with Gasteiger partial charge in [-0.1, -0.05) is 47.5 Å². The molecule has 0 heterocycles. The van der Waals surface area contributed by atoms with E-state index in [0.717, 1.165) is 16.7 Å². The standard InChI is InChI=1S/C25H20Cl2N2O2/c1-16-7-9-22(11-17(16)2)29-25(30)20(14-28)12-19-13-21(26)8-10-24(19)31-15-18-5-3-4-6-23(18)27/h3-13H,15H2,1-2H3,(H,29,30)/b20-12+. The number of rotatable bonds is 6. The van der Waals surface area contributed by atoms with Crippen LogP contribution in [0, 0.1) is 25.2 Å². The summed E-state index contributed by atoms with van der Waals surface area (Å²) in [5, 5.41) is 13.4. The van der Waals surface area contributed by atoms with Crippen molar-refractivity contribution in [1.29, 1.82) is 5.26 Å². The zero-order valence-corrected chi connectivity index (χ0v) is 18.6. The molecule has 1 amide bonds. The Balaban J connectivity index is 1.84. The third-order valence-corrected chi connectivity index (χ3v) is 5.35. The van der Waals surface area contributed by atoms with E-state index in [1.165, 1.54) is 6.08 Å². The molecule has 0 atom stereocenters. The third kappa shape index (κ3) is 5.88. The minimum absolute atomic E-state index is 0.0666. The summed E-state index contributed by atoms with van der Waals surface area (Å²) in [4.78, 5) is 12.7. The van der Waals surface area contributed by atoms with Gasteiger partial charge < -0.3 is 10.1 Å². The van der Waals surface area contributed by atoms with Crippen molar-refractivity contribution in [3.8, 4) is 11.8 Å². The normalized spacial score (nSPS) is 11.0. The van der Waals surface area contributed by atoms with Crippen LogP contribution in [-0.2, 0) is 11.4 Å². The van der Waals surface area contributed by atoms with Crippen molar-refractivity contribution in [2.45, 2.75) is 20.5 Å². The number of nitrogens with one attached hydrogen (secondary N) is 1. The molecule has 0 aromatic heterocycles. The summed E-state index contributed by atoms with van der Waals surface area (Å²) >= 11 is 12.3. The minimum Gasteiger partial charge on any atom is -0.488 e. The van der Waals surface area contributed by atoms with E-state index in [1.807, 2.05) is 50.2 Å². The van der Waals surface area contributed by atoms with Crippen molar-refractivity contribution in [1.82, 2.24) is 0 Å². The fourth-order valence-corrected chi connectivity index (χ4v) is 3.23. The summed E-state index contributed by atoms with van der Waals surface area (Å²) in [6.07, 6.45) is 1.46. The number of hydrogen-bond acceptors (Lipinski definition) is 3. The number of halogens is 2. The lowest BCUT2D eigenvalue weighted by Crippen LogP contribution is -2.13. The summed E-state index contributed by atoms with van der Waals surface area (Å²) in [6.45, 7) is 4.18. The van der Waals surface area contributed by atoms with Gasteiger partial charge in [0.25, 0.3) is 5.91 Å². The lowest BCUT2D eigenvalue weighted by Gasteiger charge is -2.12. The topological polar surface area (TPSA) is 62.1 Å². The second-order valence-corrected chi connectivity index (χ2v) is 7.83. The second-order valence-electron chi connectivity index (χ2n) is 6.99. The molecule has 0 bridgehead atoms. The first-order chi connectivity index (χ1) is 14.9. The fourth-order valence-electron chi connectivity index (χ4n) is 2.86. The molecule has 0 aliphatic heterocycles. The second kappa shape index (κ2) is 10.2. The Bertz CT molecular complexity index is 1200. The molecule has 0 radical (unpaired) electrons. The molecule has 156 valence electrons. The number of hydrogen-bond donors (Lipinski definition) is 1. The van der Waals surface area contributed by atoms with Gasteiger partial charge in [-0.05, 0) is 67.4 Å². The highest BCUT2D eigenvalue weighted by Gasteiger charge is 2.13. The number of carbonyl (C=O) groups excluding carboxylic acids is 1. The van der Waals surface area contributed by atoms with E-state index in [2.05, 4.69) is 5.32 Å². The first-order valence-electron chi connectivity index (χ1n) is 9.53. The molecule has 0 aliphatic carbocycles. The number of ether oxygens (including phenoxy) is 1. The highest BCUT2D eigenvalue weighted by molar-refractivity contribution is 6.31. The molecule has 0 saturated carbocycles. The predicted octanol–water partition coefficient (Wildman–Crippen LogP) is 6.73. The van der Waals surface area contributed by atoms with Crippen LogP contribution in [0.15, 0.2) is 66.2 Å². The van der Waals surface area contributed by atoms with E-state index in [9.17, 15) is 10.1 Å². The van der Waals surface area contributed by atoms with Crippen LogP contribution in [0.1, 0.15) is 22.3 Å². The molecular formula is C25H20Cl2N2O2. The number of nitrogens with zero attached hydrogens (tertiary/aromatic N) is 1. The maximum absolute atomic E-state index is 12.7. The zero-order chi connectivity index (χ0) is 22.4. The molecule has 0 aliphatic rings. The van der Waals surface area contributed by atoms with Gasteiger partial charge in [-0.15, -0.1) is 0 Å².